The van der Waals surface area contributed by atoms with Crippen molar-refractivity contribution in [2.75, 3.05) is 7.05 Å². The van der Waals surface area contributed by atoms with Gasteiger partial charge in [0, 0.05) is 13.1 Å². The zero-order valence-electron chi connectivity index (χ0n) is 10.9. The number of carbonyl (C=O) groups excluding carboxylic acids is 1. The third-order valence-electron chi connectivity index (χ3n) is 3.22. The topological polar surface area (TPSA) is 46.3 Å². The molecule has 0 radical (unpaired) electrons. The van der Waals surface area contributed by atoms with E-state index in [1.165, 1.54) is 0 Å². The second-order valence-electron chi connectivity index (χ2n) is 4.50. The molecule has 2 atom stereocenters. The van der Waals surface area contributed by atoms with E-state index >= 15 is 0 Å². The number of nitrogens with zero attached hydrogens (tertiary/aromatic N) is 1. The minimum absolute atomic E-state index is 0.0169. The molecule has 0 fully saturated rings. The fourth-order valence-electron chi connectivity index (χ4n) is 1.71. The van der Waals surface area contributed by atoms with Gasteiger partial charge in [-0.15, -0.1) is 0 Å². The van der Waals surface area contributed by atoms with Crippen LogP contribution in [-0.2, 0) is 11.2 Å². The molecular weight excluding hydrogens is 212 g/mol. The van der Waals surface area contributed by atoms with Gasteiger partial charge >= 0.3 is 0 Å². The van der Waals surface area contributed by atoms with Gasteiger partial charge in [-0.1, -0.05) is 37.3 Å². The normalized spacial score (nSPS) is 14.1. The van der Waals surface area contributed by atoms with Gasteiger partial charge in [0.2, 0.25) is 5.91 Å². The van der Waals surface area contributed by atoms with Gasteiger partial charge in [0.1, 0.15) is 0 Å². The van der Waals surface area contributed by atoms with Crippen LogP contribution in [0.5, 0.6) is 0 Å². The summed E-state index contributed by atoms with van der Waals surface area (Å²) in [7, 11) is 1.82. The largest absolute Gasteiger partial charge is 0.342 e. The van der Waals surface area contributed by atoms with Gasteiger partial charge in [-0.05, 0) is 25.3 Å². The molecule has 0 spiro atoms. The summed E-state index contributed by atoms with van der Waals surface area (Å²) in [5.41, 5.74) is 7.05. The summed E-state index contributed by atoms with van der Waals surface area (Å²) >= 11 is 0. The Morgan fingerprint density at radius 3 is 2.47 bits per heavy atom. The van der Waals surface area contributed by atoms with Crippen LogP contribution in [-0.4, -0.2) is 29.9 Å². The molecule has 2 N–H and O–H groups in total. The second kappa shape index (κ2) is 6.40. The molecule has 0 saturated heterocycles. The highest BCUT2D eigenvalue weighted by Crippen LogP contribution is 2.07. The molecule has 3 heteroatoms. The zero-order valence-corrected chi connectivity index (χ0v) is 10.9. The molecule has 1 rings (SSSR count). The highest BCUT2D eigenvalue weighted by Gasteiger charge is 2.21. The maximum absolute atomic E-state index is 12.0. The number of carbonyl (C=O) groups is 1. The van der Waals surface area contributed by atoms with Gasteiger partial charge < -0.3 is 10.6 Å². The van der Waals surface area contributed by atoms with E-state index in [2.05, 4.69) is 6.92 Å². The van der Waals surface area contributed by atoms with Crippen LogP contribution in [0.15, 0.2) is 30.3 Å². The third-order valence-corrected chi connectivity index (χ3v) is 3.22. The van der Waals surface area contributed by atoms with E-state index in [-0.39, 0.29) is 11.9 Å². The standard InChI is InChI=1S/C14H22N2O/c1-4-11(2)16(3)14(17)13(15)10-12-8-6-5-7-9-12/h5-9,11,13H,4,10,15H2,1-3H3. The van der Waals surface area contributed by atoms with Crippen LogP contribution in [0.4, 0.5) is 0 Å². The molecule has 1 amide bonds. The maximum atomic E-state index is 12.0. The molecule has 0 bridgehead atoms. The summed E-state index contributed by atoms with van der Waals surface area (Å²) in [6.45, 7) is 4.10. The van der Waals surface area contributed by atoms with Crippen molar-refractivity contribution in [1.82, 2.24) is 4.90 Å². The molecule has 3 nitrogen and oxygen atoms in total. The van der Waals surface area contributed by atoms with Gasteiger partial charge in [0.05, 0.1) is 6.04 Å². The van der Waals surface area contributed by atoms with Crippen molar-refractivity contribution in [1.29, 1.82) is 0 Å². The first-order valence-electron chi connectivity index (χ1n) is 6.12. The van der Waals surface area contributed by atoms with Crippen LogP contribution >= 0.6 is 0 Å². The van der Waals surface area contributed by atoms with Crippen LogP contribution in [0.25, 0.3) is 0 Å². The Bertz CT molecular complexity index is 350. The van der Waals surface area contributed by atoms with E-state index in [0.717, 1.165) is 12.0 Å². The van der Waals surface area contributed by atoms with Crippen molar-refractivity contribution < 1.29 is 4.79 Å². The Morgan fingerprint density at radius 2 is 1.94 bits per heavy atom. The summed E-state index contributed by atoms with van der Waals surface area (Å²) in [6, 6.07) is 9.67. The molecule has 94 valence electrons. The fraction of sp³-hybridized carbons (Fsp3) is 0.500. The molecule has 0 aliphatic heterocycles. The predicted octanol–water partition coefficient (Wildman–Crippen LogP) is 1.81. The number of rotatable bonds is 5. The summed E-state index contributed by atoms with van der Waals surface area (Å²) in [5, 5.41) is 0. The average molecular weight is 234 g/mol. The van der Waals surface area contributed by atoms with Crippen molar-refractivity contribution in [3.05, 3.63) is 35.9 Å². The number of hydrogen-bond acceptors (Lipinski definition) is 2. The van der Waals surface area contributed by atoms with E-state index in [0.29, 0.717) is 6.42 Å². The van der Waals surface area contributed by atoms with Gasteiger partial charge in [-0.3, -0.25) is 4.79 Å². The summed E-state index contributed by atoms with van der Waals surface area (Å²) < 4.78 is 0. The number of amides is 1. The predicted molar refractivity (Wildman–Crippen MR) is 70.6 cm³/mol. The molecule has 0 saturated carbocycles. The first-order chi connectivity index (χ1) is 8.06. The minimum atomic E-state index is -0.448. The second-order valence-corrected chi connectivity index (χ2v) is 4.50. The third kappa shape index (κ3) is 3.86. The van der Waals surface area contributed by atoms with Crippen molar-refractivity contribution in [2.45, 2.75) is 38.8 Å². The lowest BCUT2D eigenvalue weighted by molar-refractivity contribution is -0.133. The van der Waals surface area contributed by atoms with Crippen LogP contribution in [0.1, 0.15) is 25.8 Å². The Morgan fingerprint density at radius 1 is 1.35 bits per heavy atom. The first-order valence-corrected chi connectivity index (χ1v) is 6.12. The van der Waals surface area contributed by atoms with Crippen molar-refractivity contribution >= 4 is 5.91 Å². The van der Waals surface area contributed by atoms with Crippen molar-refractivity contribution in [3.8, 4) is 0 Å². The van der Waals surface area contributed by atoms with Crippen LogP contribution in [0, 0.1) is 0 Å². The smallest absolute Gasteiger partial charge is 0.239 e. The molecule has 1 aromatic carbocycles. The van der Waals surface area contributed by atoms with Crippen molar-refractivity contribution in [2.24, 2.45) is 5.73 Å². The minimum Gasteiger partial charge on any atom is -0.342 e. The Labute approximate surface area is 104 Å². The first kappa shape index (κ1) is 13.7. The highest BCUT2D eigenvalue weighted by molar-refractivity contribution is 5.82. The van der Waals surface area contributed by atoms with E-state index in [9.17, 15) is 4.79 Å². The van der Waals surface area contributed by atoms with E-state index in [4.69, 9.17) is 5.73 Å². The van der Waals surface area contributed by atoms with Crippen LogP contribution in [0.2, 0.25) is 0 Å². The molecule has 2 unspecified atom stereocenters. The molecule has 0 aliphatic carbocycles. The number of benzene rings is 1. The Kier molecular flexibility index (Phi) is 5.16. The number of hydrogen-bond donors (Lipinski definition) is 1. The monoisotopic (exact) mass is 234 g/mol. The van der Waals surface area contributed by atoms with E-state index in [1.54, 1.807) is 4.90 Å². The zero-order chi connectivity index (χ0) is 12.8. The molecular formula is C14H22N2O. The highest BCUT2D eigenvalue weighted by atomic mass is 16.2. The van der Waals surface area contributed by atoms with Gasteiger partial charge in [0.25, 0.3) is 0 Å². The van der Waals surface area contributed by atoms with Crippen LogP contribution in [0.3, 0.4) is 0 Å². The van der Waals surface area contributed by atoms with Crippen LogP contribution < -0.4 is 5.73 Å². The van der Waals surface area contributed by atoms with E-state index in [1.807, 2.05) is 44.3 Å². The quantitative estimate of drug-likeness (QED) is 0.844. The molecule has 1 aromatic rings. The van der Waals surface area contributed by atoms with Crippen molar-refractivity contribution in [3.63, 3.8) is 0 Å². The lowest BCUT2D eigenvalue weighted by atomic mass is 10.0. The summed E-state index contributed by atoms with van der Waals surface area (Å²) in [4.78, 5) is 13.8. The number of nitrogens with two attached hydrogens (primary N) is 1. The Hall–Kier alpha value is -1.35. The molecule has 0 heterocycles. The molecule has 17 heavy (non-hydrogen) atoms. The summed E-state index contributed by atoms with van der Waals surface area (Å²) in [6.07, 6.45) is 1.54. The lowest BCUT2D eigenvalue weighted by Crippen LogP contribution is -2.46. The summed E-state index contributed by atoms with van der Waals surface area (Å²) in [5.74, 6) is 0.0169. The number of likely N-dealkylation sites (N-methyl/N-ethyl adjacent to an activating group) is 1. The maximum Gasteiger partial charge on any atom is 0.239 e. The van der Waals surface area contributed by atoms with Gasteiger partial charge in [0.15, 0.2) is 0 Å². The average Bonchev–Trinajstić information content (AvgIpc) is 2.37. The lowest BCUT2D eigenvalue weighted by Gasteiger charge is -2.26. The Balaban J connectivity index is 2.58. The van der Waals surface area contributed by atoms with Gasteiger partial charge in [-0.2, -0.15) is 0 Å². The molecule has 0 aliphatic rings. The fourth-order valence-corrected chi connectivity index (χ4v) is 1.71. The van der Waals surface area contributed by atoms with E-state index < -0.39 is 6.04 Å². The SMILES string of the molecule is CCC(C)N(C)C(=O)C(N)Cc1ccccc1. The molecule has 0 aromatic heterocycles. The van der Waals surface area contributed by atoms with Gasteiger partial charge in [-0.25, -0.2) is 0 Å².